The Labute approximate surface area is 108 Å². The van der Waals surface area contributed by atoms with Crippen LogP contribution in [0, 0.1) is 0 Å². The number of phenols is 2. The lowest BCUT2D eigenvalue weighted by Gasteiger charge is -2.11. The van der Waals surface area contributed by atoms with Crippen LogP contribution in [0.3, 0.4) is 0 Å². The van der Waals surface area contributed by atoms with Crippen molar-refractivity contribution in [2.24, 2.45) is 0 Å². The summed E-state index contributed by atoms with van der Waals surface area (Å²) in [5.74, 6) is -1.60. The molecule has 0 spiro atoms. The molecule has 0 aliphatic rings. The van der Waals surface area contributed by atoms with Crippen molar-refractivity contribution in [3.05, 3.63) is 34.9 Å². The van der Waals surface area contributed by atoms with Crippen LogP contribution >= 0.6 is 11.6 Å². The molecule has 0 radical (unpaired) electrons. The number of hydrogen-bond donors (Lipinski definition) is 2. The van der Waals surface area contributed by atoms with Crippen LogP contribution in [0.25, 0.3) is 10.8 Å². The van der Waals surface area contributed by atoms with Crippen LogP contribution in [0.2, 0.25) is 5.02 Å². The van der Waals surface area contributed by atoms with Gasteiger partial charge in [-0.05, 0) is 6.92 Å². The van der Waals surface area contributed by atoms with Gasteiger partial charge in [-0.3, -0.25) is 0 Å². The predicted molar refractivity (Wildman–Crippen MR) is 68.2 cm³/mol. The van der Waals surface area contributed by atoms with Gasteiger partial charge in [0.2, 0.25) is 0 Å². The van der Waals surface area contributed by atoms with Crippen molar-refractivity contribution in [3.8, 4) is 11.5 Å². The van der Waals surface area contributed by atoms with Crippen molar-refractivity contribution in [1.82, 2.24) is 0 Å². The summed E-state index contributed by atoms with van der Waals surface area (Å²) < 4.78 is 4.78. The van der Waals surface area contributed by atoms with Crippen LogP contribution in [0.4, 0.5) is 0 Å². The monoisotopic (exact) mass is 266 g/mol. The molecule has 0 atom stereocenters. The van der Waals surface area contributed by atoms with Crippen LogP contribution in [0.5, 0.6) is 11.5 Å². The Balaban J connectivity index is 2.78. The Hall–Kier alpha value is -1.94. The summed E-state index contributed by atoms with van der Waals surface area (Å²) >= 11 is 5.98. The van der Waals surface area contributed by atoms with E-state index in [1.807, 2.05) is 0 Å². The van der Waals surface area contributed by atoms with E-state index in [4.69, 9.17) is 16.3 Å². The summed E-state index contributed by atoms with van der Waals surface area (Å²) in [6.07, 6.45) is 0. The number of rotatable bonds is 2. The summed E-state index contributed by atoms with van der Waals surface area (Å²) in [5, 5.41) is 20.8. The molecule has 94 valence electrons. The zero-order chi connectivity index (χ0) is 13.3. The lowest BCUT2D eigenvalue weighted by molar-refractivity contribution is 0.0520. The van der Waals surface area contributed by atoms with Crippen molar-refractivity contribution in [3.63, 3.8) is 0 Å². The van der Waals surface area contributed by atoms with E-state index < -0.39 is 11.7 Å². The molecule has 2 rings (SSSR count). The van der Waals surface area contributed by atoms with E-state index >= 15 is 0 Å². The quantitative estimate of drug-likeness (QED) is 0.820. The first-order valence-electron chi connectivity index (χ1n) is 5.37. The van der Waals surface area contributed by atoms with E-state index in [-0.39, 0.29) is 22.9 Å². The van der Waals surface area contributed by atoms with Gasteiger partial charge in [0, 0.05) is 10.8 Å². The van der Waals surface area contributed by atoms with Crippen molar-refractivity contribution in [2.45, 2.75) is 6.92 Å². The highest BCUT2D eigenvalue weighted by Crippen LogP contribution is 2.42. The number of fused-ring (bicyclic) bond motifs is 1. The van der Waals surface area contributed by atoms with E-state index in [0.717, 1.165) is 0 Å². The molecule has 0 unspecified atom stereocenters. The lowest BCUT2D eigenvalue weighted by atomic mass is 10.0. The number of benzene rings is 2. The number of carbonyl (C=O) groups excluding carboxylic acids is 1. The first-order chi connectivity index (χ1) is 8.57. The maximum atomic E-state index is 11.7. The minimum Gasteiger partial charge on any atom is -0.506 e. The highest BCUT2D eigenvalue weighted by molar-refractivity contribution is 6.38. The molecular weight excluding hydrogens is 256 g/mol. The van der Waals surface area contributed by atoms with Gasteiger partial charge in [0.25, 0.3) is 0 Å². The van der Waals surface area contributed by atoms with E-state index in [1.54, 1.807) is 31.2 Å². The molecule has 4 nitrogen and oxygen atoms in total. The highest BCUT2D eigenvalue weighted by atomic mass is 35.5. The topological polar surface area (TPSA) is 66.8 Å². The van der Waals surface area contributed by atoms with Gasteiger partial charge in [0.05, 0.1) is 11.6 Å². The number of aromatic hydroxyl groups is 2. The third kappa shape index (κ3) is 1.84. The van der Waals surface area contributed by atoms with Gasteiger partial charge in [-0.1, -0.05) is 35.9 Å². The second-order valence-electron chi connectivity index (χ2n) is 3.65. The van der Waals surface area contributed by atoms with Gasteiger partial charge in [0.1, 0.15) is 11.3 Å². The summed E-state index contributed by atoms with van der Waals surface area (Å²) in [6.45, 7) is 1.77. The van der Waals surface area contributed by atoms with Crippen molar-refractivity contribution in [2.75, 3.05) is 6.61 Å². The summed E-state index contributed by atoms with van der Waals surface area (Å²) in [4.78, 5) is 11.7. The molecule has 0 saturated heterocycles. The SMILES string of the molecule is CCOC(=O)c1c(O)c(Cl)c2ccccc2c1O. The number of carbonyl (C=O) groups is 1. The minimum absolute atomic E-state index is 0.0199. The maximum Gasteiger partial charge on any atom is 0.345 e. The van der Waals surface area contributed by atoms with Gasteiger partial charge in [-0.15, -0.1) is 0 Å². The van der Waals surface area contributed by atoms with Crippen LogP contribution in [-0.2, 0) is 4.74 Å². The molecule has 0 fully saturated rings. The molecule has 0 amide bonds. The van der Waals surface area contributed by atoms with Gasteiger partial charge < -0.3 is 14.9 Å². The van der Waals surface area contributed by atoms with Crippen LogP contribution in [0.15, 0.2) is 24.3 Å². The number of hydrogen-bond acceptors (Lipinski definition) is 4. The molecule has 2 aromatic rings. The Morgan fingerprint density at radius 1 is 1.22 bits per heavy atom. The molecule has 0 aliphatic carbocycles. The van der Waals surface area contributed by atoms with Crippen LogP contribution < -0.4 is 0 Å². The fourth-order valence-electron chi connectivity index (χ4n) is 1.76. The average Bonchev–Trinajstić information content (AvgIpc) is 2.37. The third-order valence-corrected chi connectivity index (χ3v) is 2.96. The molecule has 0 aliphatic heterocycles. The molecule has 2 aromatic carbocycles. The first kappa shape index (κ1) is 12.5. The normalized spacial score (nSPS) is 10.6. The fraction of sp³-hybridized carbons (Fsp3) is 0.154. The summed E-state index contributed by atoms with van der Waals surface area (Å²) in [5.41, 5.74) is -0.305. The molecule has 0 saturated carbocycles. The van der Waals surface area contributed by atoms with Crippen molar-refractivity contribution in [1.29, 1.82) is 0 Å². The van der Waals surface area contributed by atoms with E-state index in [9.17, 15) is 15.0 Å². The Bertz CT molecular complexity index is 622. The van der Waals surface area contributed by atoms with Gasteiger partial charge in [0.15, 0.2) is 5.75 Å². The van der Waals surface area contributed by atoms with Gasteiger partial charge >= 0.3 is 5.97 Å². The fourth-order valence-corrected chi connectivity index (χ4v) is 2.02. The second-order valence-corrected chi connectivity index (χ2v) is 4.03. The van der Waals surface area contributed by atoms with Gasteiger partial charge in [-0.25, -0.2) is 4.79 Å². The maximum absolute atomic E-state index is 11.7. The Morgan fingerprint density at radius 3 is 2.44 bits per heavy atom. The molecule has 5 heteroatoms. The highest BCUT2D eigenvalue weighted by Gasteiger charge is 2.23. The number of halogens is 1. The molecule has 18 heavy (non-hydrogen) atoms. The predicted octanol–water partition coefficient (Wildman–Crippen LogP) is 3.08. The number of phenolic OH excluding ortho intramolecular Hbond substituents is 2. The van der Waals surface area contributed by atoms with Crippen molar-refractivity contribution < 1.29 is 19.7 Å². The van der Waals surface area contributed by atoms with Crippen LogP contribution in [0.1, 0.15) is 17.3 Å². The standard InChI is InChI=1S/C13H11ClO4/c1-2-18-13(17)9-11(15)8-6-4-3-5-7(8)10(14)12(9)16/h3-6,15-16H,2H2,1H3. The Kier molecular flexibility index (Phi) is 3.30. The van der Waals surface area contributed by atoms with E-state index in [1.165, 1.54) is 0 Å². The summed E-state index contributed by atoms with van der Waals surface area (Å²) in [6, 6.07) is 6.67. The van der Waals surface area contributed by atoms with E-state index in [0.29, 0.717) is 10.8 Å². The molecule has 0 bridgehead atoms. The molecule has 0 heterocycles. The number of esters is 1. The smallest absolute Gasteiger partial charge is 0.345 e. The second kappa shape index (κ2) is 4.74. The average molecular weight is 267 g/mol. The Morgan fingerprint density at radius 2 is 1.83 bits per heavy atom. The zero-order valence-electron chi connectivity index (χ0n) is 9.61. The van der Waals surface area contributed by atoms with E-state index in [2.05, 4.69) is 0 Å². The molecular formula is C13H11ClO4. The lowest BCUT2D eigenvalue weighted by Crippen LogP contribution is -2.06. The molecule has 2 N–H and O–H groups in total. The third-order valence-electron chi connectivity index (χ3n) is 2.58. The van der Waals surface area contributed by atoms with Crippen molar-refractivity contribution >= 4 is 28.3 Å². The largest absolute Gasteiger partial charge is 0.506 e. The number of ether oxygens (including phenoxy) is 1. The zero-order valence-corrected chi connectivity index (χ0v) is 10.4. The minimum atomic E-state index is -0.805. The van der Waals surface area contributed by atoms with Gasteiger partial charge in [-0.2, -0.15) is 0 Å². The first-order valence-corrected chi connectivity index (χ1v) is 5.75. The van der Waals surface area contributed by atoms with Crippen LogP contribution in [-0.4, -0.2) is 22.8 Å². The summed E-state index contributed by atoms with van der Waals surface area (Å²) in [7, 11) is 0. The molecule has 0 aromatic heterocycles.